The Balaban J connectivity index is 2.21. The maximum absolute atomic E-state index is 12.0. The molecule has 19 heavy (non-hydrogen) atoms. The van der Waals surface area contributed by atoms with E-state index in [4.69, 9.17) is 9.16 Å². The Kier molecular flexibility index (Phi) is 4.02. The van der Waals surface area contributed by atoms with Crippen LogP contribution in [0.4, 0.5) is 0 Å². The van der Waals surface area contributed by atoms with Crippen molar-refractivity contribution in [1.29, 1.82) is 0 Å². The molecular formula is C14H24O4Si. The molecule has 0 aromatic heterocycles. The van der Waals surface area contributed by atoms with E-state index in [9.17, 15) is 9.90 Å². The second kappa shape index (κ2) is 5.13. The minimum absolute atomic E-state index is 0.0865. The number of Topliss-reactive ketones (excluding diaryl/α,β-unsaturated/α-hetero) is 1. The van der Waals surface area contributed by atoms with Crippen LogP contribution in [0.25, 0.3) is 0 Å². The Morgan fingerprint density at radius 2 is 1.95 bits per heavy atom. The van der Waals surface area contributed by atoms with Crippen LogP contribution in [0.15, 0.2) is 11.6 Å². The Labute approximate surface area is 115 Å². The highest BCUT2D eigenvalue weighted by Gasteiger charge is 2.65. The number of epoxide rings is 1. The SMILES string of the molecule is CC[Si](CC)(CC)O[C@@H]1C=C(CO)C(=O)[C@@]2(C)O[C@@H]12. The second-order valence-electron chi connectivity index (χ2n) is 5.65. The van der Waals surface area contributed by atoms with Gasteiger partial charge < -0.3 is 14.3 Å². The molecule has 108 valence electrons. The zero-order valence-electron chi connectivity index (χ0n) is 12.2. The third kappa shape index (κ3) is 2.33. The Morgan fingerprint density at radius 3 is 2.42 bits per heavy atom. The highest BCUT2D eigenvalue weighted by atomic mass is 28.4. The van der Waals surface area contributed by atoms with Gasteiger partial charge in [0.1, 0.15) is 6.10 Å². The number of hydrogen-bond acceptors (Lipinski definition) is 4. The van der Waals surface area contributed by atoms with Gasteiger partial charge in [0.15, 0.2) is 19.7 Å². The van der Waals surface area contributed by atoms with E-state index >= 15 is 0 Å². The van der Waals surface area contributed by atoms with Crippen molar-refractivity contribution < 1.29 is 19.1 Å². The van der Waals surface area contributed by atoms with E-state index in [1.54, 1.807) is 13.0 Å². The molecule has 0 amide bonds. The topological polar surface area (TPSA) is 59.1 Å². The molecule has 0 aromatic rings. The van der Waals surface area contributed by atoms with E-state index in [1.165, 1.54) is 0 Å². The molecule has 0 radical (unpaired) electrons. The lowest BCUT2D eigenvalue weighted by molar-refractivity contribution is -0.120. The van der Waals surface area contributed by atoms with Crippen LogP contribution in [0.3, 0.4) is 0 Å². The molecule has 0 bridgehead atoms. The van der Waals surface area contributed by atoms with Gasteiger partial charge in [-0.25, -0.2) is 0 Å². The fourth-order valence-electron chi connectivity index (χ4n) is 2.98. The van der Waals surface area contributed by atoms with Crippen LogP contribution in [0, 0.1) is 0 Å². The molecular weight excluding hydrogens is 260 g/mol. The van der Waals surface area contributed by atoms with Gasteiger partial charge >= 0.3 is 0 Å². The molecule has 5 heteroatoms. The Hall–Kier alpha value is -0.493. The average molecular weight is 284 g/mol. The van der Waals surface area contributed by atoms with Gasteiger partial charge in [0.05, 0.1) is 12.7 Å². The number of carbonyl (C=O) groups is 1. The van der Waals surface area contributed by atoms with Crippen molar-refractivity contribution in [3.05, 3.63) is 11.6 Å². The van der Waals surface area contributed by atoms with Crippen molar-refractivity contribution >= 4 is 14.1 Å². The number of carbonyl (C=O) groups excluding carboxylic acids is 1. The lowest BCUT2D eigenvalue weighted by Gasteiger charge is -2.33. The first kappa shape index (κ1) is 14.9. The minimum atomic E-state index is -1.73. The van der Waals surface area contributed by atoms with Crippen LogP contribution in [-0.4, -0.2) is 43.6 Å². The molecule has 2 rings (SSSR count). The molecule has 4 nitrogen and oxygen atoms in total. The maximum atomic E-state index is 12.0. The first-order valence-electron chi connectivity index (χ1n) is 7.18. The van der Waals surface area contributed by atoms with Gasteiger partial charge in [0.25, 0.3) is 0 Å². The van der Waals surface area contributed by atoms with E-state index in [0.29, 0.717) is 5.57 Å². The fraction of sp³-hybridized carbons (Fsp3) is 0.786. The van der Waals surface area contributed by atoms with Crippen LogP contribution < -0.4 is 0 Å². The second-order valence-corrected chi connectivity index (χ2v) is 10.4. The first-order valence-corrected chi connectivity index (χ1v) is 9.71. The van der Waals surface area contributed by atoms with Crippen molar-refractivity contribution in [3.63, 3.8) is 0 Å². The van der Waals surface area contributed by atoms with Crippen molar-refractivity contribution in [2.24, 2.45) is 0 Å². The quantitative estimate of drug-likeness (QED) is 0.599. The van der Waals surface area contributed by atoms with Gasteiger partial charge in [0, 0.05) is 5.57 Å². The summed E-state index contributed by atoms with van der Waals surface area (Å²) in [4.78, 5) is 12.0. The first-order chi connectivity index (χ1) is 8.96. The molecule has 1 aliphatic heterocycles. The van der Waals surface area contributed by atoms with E-state index in [1.807, 2.05) is 0 Å². The molecule has 0 spiro atoms. The summed E-state index contributed by atoms with van der Waals surface area (Å²) in [5, 5.41) is 9.31. The number of hydrogen-bond donors (Lipinski definition) is 1. The standard InChI is InChI=1S/C14H24O4Si/c1-5-19(6-2,7-3)18-11-8-10(9-15)12(16)14(4)13(11)17-14/h8,11,13,15H,5-7,9H2,1-4H3/t11-,13+,14-/m1/s1. The maximum Gasteiger partial charge on any atom is 0.195 e. The van der Waals surface area contributed by atoms with E-state index in [-0.39, 0.29) is 24.6 Å². The van der Waals surface area contributed by atoms with Crippen LogP contribution in [-0.2, 0) is 14.0 Å². The summed E-state index contributed by atoms with van der Waals surface area (Å²) in [6, 6.07) is 3.20. The predicted molar refractivity (Wildman–Crippen MR) is 75.5 cm³/mol. The molecule has 1 heterocycles. The summed E-state index contributed by atoms with van der Waals surface area (Å²) in [5.74, 6) is -0.0865. The third-order valence-electron chi connectivity index (χ3n) is 4.75. The molecule has 0 saturated carbocycles. The fourth-order valence-corrected chi connectivity index (χ4v) is 5.75. The zero-order valence-corrected chi connectivity index (χ0v) is 13.2. The summed E-state index contributed by atoms with van der Waals surface area (Å²) in [5.41, 5.74) is -0.320. The van der Waals surface area contributed by atoms with Crippen molar-refractivity contribution in [2.45, 2.75) is 63.6 Å². The summed E-state index contributed by atoms with van der Waals surface area (Å²) in [6.07, 6.45) is 1.45. The average Bonchev–Trinajstić information content (AvgIpc) is 3.13. The molecule has 0 aromatic carbocycles. The largest absolute Gasteiger partial charge is 0.408 e. The lowest BCUT2D eigenvalue weighted by atomic mass is 9.87. The normalized spacial score (nSPS) is 33.9. The third-order valence-corrected chi connectivity index (χ3v) is 9.39. The van der Waals surface area contributed by atoms with Gasteiger partial charge in [-0.3, -0.25) is 4.79 Å². The highest BCUT2D eigenvalue weighted by Crippen LogP contribution is 2.47. The number of aliphatic hydroxyl groups is 1. The molecule has 0 unspecified atom stereocenters. The zero-order chi connectivity index (χ0) is 14.3. The van der Waals surface area contributed by atoms with Crippen LogP contribution in [0.2, 0.25) is 18.1 Å². The minimum Gasteiger partial charge on any atom is -0.408 e. The molecule has 3 atom stereocenters. The van der Waals surface area contributed by atoms with Crippen LogP contribution in [0.1, 0.15) is 27.7 Å². The van der Waals surface area contributed by atoms with E-state index in [0.717, 1.165) is 18.1 Å². The molecule has 1 saturated heterocycles. The number of aliphatic hydroxyl groups excluding tert-OH is 1. The predicted octanol–water partition coefficient (Wildman–Crippen LogP) is 2.04. The summed E-state index contributed by atoms with van der Waals surface area (Å²) in [6.45, 7) is 8.10. The van der Waals surface area contributed by atoms with Gasteiger partial charge in [-0.1, -0.05) is 20.8 Å². The smallest absolute Gasteiger partial charge is 0.195 e. The van der Waals surface area contributed by atoms with Crippen molar-refractivity contribution in [3.8, 4) is 0 Å². The molecule has 1 N–H and O–H groups in total. The monoisotopic (exact) mass is 284 g/mol. The highest BCUT2D eigenvalue weighted by molar-refractivity contribution is 6.73. The van der Waals surface area contributed by atoms with Gasteiger partial charge in [-0.2, -0.15) is 0 Å². The molecule has 2 aliphatic rings. The number of ether oxygens (including phenoxy) is 1. The van der Waals surface area contributed by atoms with Crippen molar-refractivity contribution in [2.75, 3.05) is 6.61 Å². The Morgan fingerprint density at radius 1 is 1.37 bits per heavy atom. The van der Waals surface area contributed by atoms with E-state index in [2.05, 4.69) is 20.8 Å². The summed E-state index contributed by atoms with van der Waals surface area (Å²) in [7, 11) is -1.73. The number of rotatable bonds is 6. The number of ketones is 1. The van der Waals surface area contributed by atoms with Gasteiger partial charge in [0.2, 0.25) is 0 Å². The Bertz CT molecular complexity index is 394. The van der Waals surface area contributed by atoms with Gasteiger partial charge in [-0.05, 0) is 31.1 Å². The lowest BCUT2D eigenvalue weighted by Crippen LogP contribution is -2.45. The summed E-state index contributed by atoms with van der Waals surface area (Å²) >= 11 is 0. The summed E-state index contributed by atoms with van der Waals surface area (Å²) < 4.78 is 12.0. The van der Waals surface area contributed by atoms with Crippen LogP contribution >= 0.6 is 0 Å². The van der Waals surface area contributed by atoms with E-state index < -0.39 is 13.9 Å². The van der Waals surface area contributed by atoms with Crippen molar-refractivity contribution in [1.82, 2.24) is 0 Å². The van der Waals surface area contributed by atoms with Gasteiger partial charge in [-0.15, -0.1) is 0 Å². The van der Waals surface area contributed by atoms with Crippen LogP contribution in [0.5, 0.6) is 0 Å². The molecule has 1 fully saturated rings. The number of fused-ring (bicyclic) bond motifs is 1. The molecule has 1 aliphatic carbocycles.